The van der Waals surface area contributed by atoms with Gasteiger partial charge in [0.05, 0.1) is 7.11 Å². The van der Waals surface area contributed by atoms with Crippen molar-refractivity contribution in [3.8, 4) is 5.75 Å². The monoisotopic (exact) mass is 367 g/mol. The van der Waals surface area contributed by atoms with E-state index in [1.165, 1.54) is 0 Å². The van der Waals surface area contributed by atoms with Gasteiger partial charge in [0, 0.05) is 43.6 Å². The van der Waals surface area contributed by atoms with Gasteiger partial charge in [0.2, 0.25) is 11.8 Å². The Morgan fingerprint density at radius 2 is 1.78 bits per heavy atom. The summed E-state index contributed by atoms with van der Waals surface area (Å²) in [5, 5.41) is 0. The number of benzene rings is 1. The lowest BCUT2D eigenvalue weighted by atomic mass is 9.98. The highest BCUT2D eigenvalue weighted by Gasteiger charge is 2.35. The van der Waals surface area contributed by atoms with Crippen LogP contribution in [0.1, 0.15) is 36.6 Å². The van der Waals surface area contributed by atoms with Crippen molar-refractivity contribution < 1.29 is 14.3 Å². The van der Waals surface area contributed by atoms with Gasteiger partial charge < -0.3 is 19.1 Å². The molecule has 142 valence electrons. The van der Waals surface area contributed by atoms with Gasteiger partial charge in [-0.15, -0.1) is 0 Å². The Balaban J connectivity index is 1.64. The average molecular weight is 367 g/mol. The minimum Gasteiger partial charge on any atom is -0.496 e. The number of ether oxygens (including phenoxy) is 1. The maximum atomic E-state index is 13.1. The molecule has 0 aliphatic carbocycles. The summed E-state index contributed by atoms with van der Waals surface area (Å²) in [5.41, 5.74) is 1.99. The fraction of sp³-hybridized carbons (Fsp3) is 0.429. The molecule has 0 N–H and O–H groups in total. The number of hydrogen-bond acceptors (Lipinski definition) is 3. The molecule has 1 saturated heterocycles. The summed E-state index contributed by atoms with van der Waals surface area (Å²) in [4.78, 5) is 29.3. The minimum atomic E-state index is -0.247. The lowest BCUT2D eigenvalue weighted by Crippen LogP contribution is -2.44. The van der Waals surface area contributed by atoms with Crippen molar-refractivity contribution in [3.05, 3.63) is 53.9 Å². The van der Waals surface area contributed by atoms with E-state index in [1.54, 1.807) is 7.11 Å². The van der Waals surface area contributed by atoms with Gasteiger partial charge in [0.15, 0.2) is 0 Å². The average Bonchev–Trinajstić information content (AvgIpc) is 3.38. The van der Waals surface area contributed by atoms with E-state index < -0.39 is 0 Å². The molecule has 0 spiro atoms. The molecule has 2 aliphatic heterocycles. The number of carbonyl (C=O) groups is 2. The zero-order valence-electron chi connectivity index (χ0n) is 15.6. The molecule has 3 heterocycles. The van der Waals surface area contributed by atoms with Crippen molar-refractivity contribution in [3.63, 3.8) is 0 Å². The van der Waals surface area contributed by atoms with Gasteiger partial charge in [0.1, 0.15) is 18.2 Å². The summed E-state index contributed by atoms with van der Waals surface area (Å²) < 4.78 is 7.73. The van der Waals surface area contributed by atoms with Crippen LogP contribution in [0.3, 0.4) is 0 Å². The van der Waals surface area contributed by atoms with Crippen LogP contribution >= 0.6 is 0 Å². The first-order valence-corrected chi connectivity index (χ1v) is 9.54. The summed E-state index contributed by atoms with van der Waals surface area (Å²) in [7, 11) is 1.64. The molecule has 1 unspecified atom stereocenters. The van der Waals surface area contributed by atoms with Crippen LogP contribution < -0.4 is 4.74 Å². The first-order valence-electron chi connectivity index (χ1n) is 9.54. The van der Waals surface area contributed by atoms with Crippen molar-refractivity contribution in [1.29, 1.82) is 0 Å². The maximum Gasteiger partial charge on any atom is 0.232 e. The van der Waals surface area contributed by atoms with E-state index in [-0.39, 0.29) is 24.3 Å². The Bertz CT molecular complexity index is 839. The van der Waals surface area contributed by atoms with Crippen molar-refractivity contribution in [2.24, 2.45) is 0 Å². The third-order valence-electron chi connectivity index (χ3n) is 5.55. The lowest BCUT2D eigenvalue weighted by molar-refractivity contribution is -0.141. The van der Waals surface area contributed by atoms with E-state index in [0.29, 0.717) is 6.54 Å². The number of likely N-dealkylation sites (tertiary alicyclic amines) is 1. The molecule has 1 aromatic heterocycles. The summed E-state index contributed by atoms with van der Waals surface area (Å²) in [6.07, 6.45) is 4.03. The number of hydrogen-bond donors (Lipinski definition) is 0. The molecule has 1 atom stereocenters. The first-order chi connectivity index (χ1) is 13.2. The van der Waals surface area contributed by atoms with Crippen LogP contribution in [-0.4, -0.2) is 52.9 Å². The zero-order chi connectivity index (χ0) is 18.8. The van der Waals surface area contributed by atoms with E-state index >= 15 is 0 Å². The first kappa shape index (κ1) is 17.6. The van der Waals surface area contributed by atoms with Crippen LogP contribution in [0.2, 0.25) is 0 Å². The number of fused-ring (bicyclic) bond motifs is 1. The SMILES string of the molecule is COc1ccccc1C1c2cccn2CCN1C(=O)CC(=O)N1CCCC1. The van der Waals surface area contributed by atoms with Crippen LogP contribution in [-0.2, 0) is 16.1 Å². The van der Waals surface area contributed by atoms with Crippen LogP contribution in [0.5, 0.6) is 5.75 Å². The highest BCUT2D eigenvalue weighted by Crippen LogP contribution is 2.37. The Labute approximate surface area is 159 Å². The van der Waals surface area contributed by atoms with Crippen LogP contribution in [0.25, 0.3) is 0 Å². The number of methoxy groups -OCH3 is 1. The number of aromatic nitrogens is 1. The molecule has 27 heavy (non-hydrogen) atoms. The molecule has 2 aromatic rings. The highest BCUT2D eigenvalue weighted by atomic mass is 16.5. The number of nitrogens with zero attached hydrogens (tertiary/aromatic N) is 3. The highest BCUT2D eigenvalue weighted by molar-refractivity contribution is 5.97. The molecule has 0 saturated carbocycles. The third-order valence-corrected chi connectivity index (χ3v) is 5.55. The molecular formula is C21H25N3O3. The Morgan fingerprint density at radius 3 is 2.56 bits per heavy atom. The number of rotatable bonds is 4. The molecule has 1 aromatic carbocycles. The van der Waals surface area contributed by atoms with Crippen LogP contribution in [0.15, 0.2) is 42.6 Å². The second kappa shape index (κ2) is 7.47. The molecule has 2 aliphatic rings. The van der Waals surface area contributed by atoms with Crippen molar-refractivity contribution in [2.75, 3.05) is 26.7 Å². The predicted octanol–water partition coefficient (Wildman–Crippen LogP) is 2.44. The topological polar surface area (TPSA) is 54.8 Å². The standard InChI is InChI=1S/C21H25N3O3/c1-27-18-9-3-2-7-16(18)21-17-8-6-12-22(17)13-14-24(21)20(26)15-19(25)23-10-4-5-11-23/h2-3,6-9,12,21H,4-5,10-11,13-15H2,1H3. The number of amides is 2. The Kier molecular flexibility index (Phi) is 4.88. The van der Waals surface area contributed by atoms with Gasteiger partial charge in [-0.2, -0.15) is 0 Å². The normalized spacial score (nSPS) is 19.1. The van der Waals surface area contributed by atoms with Gasteiger partial charge in [0.25, 0.3) is 0 Å². The minimum absolute atomic E-state index is 0.0581. The summed E-state index contributed by atoms with van der Waals surface area (Å²) in [5.74, 6) is 0.577. The lowest BCUT2D eigenvalue weighted by Gasteiger charge is -2.38. The van der Waals surface area contributed by atoms with E-state index in [1.807, 2.05) is 52.4 Å². The van der Waals surface area contributed by atoms with E-state index in [9.17, 15) is 9.59 Å². The molecule has 6 nitrogen and oxygen atoms in total. The molecule has 6 heteroatoms. The molecule has 0 radical (unpaired) electrons. The van der Waals surface area contributed by atoms with Crippen molar-refractivity contribution >= 4 is 11.8 Å². The molecular weight excluding hydrogens is 342 g/mol. The Morgan fingerprint density at radius 1 is 1.00 bits per heavy atom. The fourth-order valence-corrected chi connectivity index (χ4v) is 4.18. The van der Waals surface area contributed by atoms with Gasteiger partial charge in [-0.05, 0) is 31.0 Å². The second-order valence-corrected chi connectivity index (χ2v) is 7.12. The van der Waals surface area contributed by atoms with Crippen LogP contribution in [0.4, 0.5) is 0 Å². The molecule has 4 rings (SSSR count). The van der Waals surface area contributed by atoms with Gasteiger partial charge >= 0.3 is 0 Å². The smallest absolute Gasteiger partial charge is 0.232 e. The summed E-state index contributed by atoms with van der Waals surface area (Å²) in [6.45, 7) is 2.85. The number of para-hydroxylation sites is 1. The summed E-state index contributed by atoms with van der Waals surface area (Å²) >= 11 is 0. The van der Waals surface area contributed by atoms with Crippen LogP contribution in [0, 0.1) is 0 Å². The molecule has 1 fully saturated rings. The van der Waals surface area contributed by atoms with Crippen molar-refractivity contribution in [1.82, 2.24) is 14.4 Å². The van der Waals surface area contributed by atoms with Gasteiger partial charge in [-0.1, -0.05) is 18.2 Å². The molecule has 2 amide bonds. The predicted molar refractivity (Wildman–Crippen MR) is 101 cm³/mol. The maximum absolute atomic E-state index is 13.1. The van der Waals surface area contributed by atoms with Crippen molar-refractivity contribution in [2.45, 2.75) is 31.8 Å². The van der Waals surface area contributed by atoms with E-state index in [0.717, 1.165) is 49.5 Å². The summed E-state index contributed by atoms with van der Waals surface area (Å²) in [6, 6.07) is 11.6. The zero-order valence-corrected chi connectivity index (χ0v) is 15.6. The Hall–Kier alpha value is -2.76. The van der Waals surface area contributed by atoms with Gasteiger partial charge in [-0.25, -0.2) is 0 Å². The quantitative estimate of drug-likeness (QED) is 0.780. The third kappa shape index (κ3) is 3.31. The van der Waals surface area contributed by atoms with E-state index in [2.05, 4.69) is 4.57 Å². The van der Waals surface area contributed by atoms with Gasteiger partial charge in [-0.3, -0.25) is 9.59 Å². The molecule has 0 bridgehead atoms. The fourth-order valence-electron chi connectivity index (χ4n) is 4.18. The van der Waals surface area contributed by atoms with E-state index in [4.69, 9.17) is 4.74 Å². The second-order valence-electron chi connectivity index (χ2n) is 7.12. The largest absolute Gasteiger partial charge is 0.496 e. The number of carbonyl (C=O) groups excluding carboxylic acids is 2.